The third-order valence-corrected chi connectivity index (χ3v) is 2.67. The van der Waals surface area contributed by atoms with Gasteiger partial charge in [0, 0.05) is 7.05 Å². The quantitative estimate of drug-likeness (QED) is 0.622. The Morgan fingerprint density at radius 1 is 1.39 bits per heavy atom. The highest BCUT2D eigenvalue weighted by molar-refractivity contribution is 5.81. The van der Waals surface area contributed by atoms with E-state index in [4.69, 9.17) is 4.74 Å². The van der Waals surface area contributed by atoms with Gasteiger partial charge in [0.25, 0.3) is 5.56 Å². The number of hydrogen-bond acceptors (Lipinski definition) is 6. The summed E-state index contributed by atoms with van der Waals surface area (Å²) in [6.45, 7) is 2.40. The first-order chi connectivity index (χ1) is 8.59. The van der Waals surface area contributed by atoms with Gasteiger partial charge in [-0.1, -0.05) is 0 Å². The minimum absolute atomic E-state index is 0.0383. The van der Waals surface area contributed by atoms with E-state index in [2.05, 4.69) is 10.1 Å². The lowest BCUT2D eigenvalue weighted by Gasteiger charge is -2.23. The van der Waals surface area contributed by atoms with Crippen LogP contribution in [0.25, 0.3) is 0 Å². The van der Waals surface area contributed by atoms with E-state index in [1.54, 1.807) is 5.01 Å². The summed E-state index contributed by atoms with van der Waals surface area (Å²) in [6.07, 6.45) is 1.25. The summed E-state index contributed by atoms with van der Waals surface area (Å²) in [5.41, 5.74) is -1.36. The van der Waals surface area contributed by atoms with Gasteiger partial charge in [-0.25, -0.2) is 4.79 Å². The molecule has 2 heterocycles. The van der Waals surface area contributed by atoms with Gasteiger partial charge in [-0.15, -0.1) is 0 Å². The Morgan fingerprint density at radius 3 is 2.72 bits per heavy atom. The summed E-state index contributed by atoms with van der Waals surface area (Å²) in [7, 11) is 1.36. The standard InChI is InChI=1S/C10H14N4O4/c1-13-9(16)7(8(15)12-10(13)17)6-11-14-2-4-18-5-3-14/h6,16H,2-5H2,1H3,(H,12,15,17). The van der Waals surface area contributed by atoms with Gasteiger partial charge in [0.2, 0.25) is 5.88 Å². The molecule has 1 aliphatic heterocycles. The van der Waals surface area contributed by atoms with Gasteiger partial charge in [0.05, 0.1) is 32.5 Å². The van der Waals surface area contributed by atoms with E-state index in [1.165, 1.54) is 13.3 Å². The number of aromatic amines is 1. The number of rotatable bonds is 2. The molecule has 0 saturated carbocycles. The van der Waals surface area contributed by atoms with Gasteiger partial charge >= 0.3 is 5.69 Å². The zero-order valence-electron chi connectivity index (χ0n) is 9.92. The topological polar surface area (TPSA) is 99.9 Å². The molecule has 0 atom stereocenters. The molecule has 0 bridgehead atoms. The Morgan fingerprint density at radius 2 is 2.06 bits per heavy atom. The molecule has 1 aromatic heterocycles. The molecular weight excluding hydrogens is 240 g/mol. The lowest BCUT2D eigenvalue weighted by atomic mass is 10.3. The number of nitrogens with zero attached hydrogens (tertiary/aromatic N) is 3. The van der Waals surface area contributed by atoms with Gasteiger partial charge in [-0.2, -0.15) is 5.10 Å². The fourth-order valence-corrected chi connectivity index (χ4v) is 1.55. The molecule has 1 fully saturated rings. The monoisotopic (exact) mass is 254 g/mol. The predicted octanol–water partition coefficient (Wildman–Crippen LogP) is -1.55. The zero-order chi connectivity index (χ0) is 13.1. The van der Waals surface area contributed by atoms with E-state index < -0.39 is 17.1 Å². The van der Waals surface area contributed by atoms with Crippen LogP contribution >= 0.6 is 0 Å². The normalized spacial score (nSPS) is 16.4. The Bertz CT molecular complexity index is 568. The number of nitrogens with one attached hydrogen (secondary N) is 1. The number of aromatic nitrogens is 2. The second-order valence-electron chi connectivity index (χ2n) is 3.87. The molecule has 2 rings (SSSR count). The smallest absolute Gasteiger partial charge is 0.330 e. The van der Waals surface area contributed by atoms with Crippen molar-refractivity contribution in [2.45, 2.75) is 0 Å². The SMILES string of the molecule is Cn1c(O)c(C=NN2CCOCC2)c(=O)[nH]c1=O. The fourth-order valence-electron chi connectivity index (χ4n) is 1.55. The largest absolute Gasteiger partial charge is 0.494 e. The van der Waals surface area contributed by atoms with Crippen molar-refractivity contribution in [2.24, 2.45) is 12.1 Å². The molecule has 0 radical (unpaired) electrons. The maximum Gasteiger partial charge on any atom is 0.330 e. The minimum Gasteiger partial charge on any atom is -0.494 e. The number of morpholine rings is 1. The first-order valence-electron chi connectivity index (χ1n) is 5.48. The third-order valence-electron chi connectivity index (χ3n) is 2.67. The van der Waals surface area contributed by atoms with Crippen LogP contribution in [0.4, 0.5) is 0 Å². The number of aromatic hydroxyl groups is 1. The zero-order valence-corrected chi connectivity index (χ0v) is 9.92. The van der Waals surface area contributed by atoms with Gasteiger partial charge < -0.3 is 9.84 Å². The molecule has 0 aromatic carbocycles. The summed E-state index contributed by atoms with van der Waals surface area (Å²) in [6, 6.07) is 0. The molecule has 0 unspecified atom stereocenters. The van der Waals surface area contributed by atoms with Gasteiger partial charge in [0.1, 0.15) is 5.56 Å². The molecule has 98 valence electrons. The maximum atomic E-state index is 11.5. The van der Waals surface area contributed by atoms with Crippen molar-refractivity contribution in [3.8, 4) is 5.88 Å². The van der Waals surface area contributed by atoms with Crippen molar-refractivity contribution in [1.82, 2.24) is 14.6 Å². The molecule has 8 heteroatoms. The molecule has 18 heavy (non-hydrogen) atoms. The van der Waals surface area contributed by atoms with Crippen LogP contribution in [0.15, 0.2) is 14.7 Å². The molecule has 0 amide bonds. The highest BCUT2D eigenvalue weighted by Gasteiger charge is 2.11. The summed E-state index contributed by atoms with van der Waals surface area (Å²) in [4.78, 5) is 24.8. The lowest BCUT2D eigenvalue weighted by molar-refractivity contribution is 0.0396. The molecule has 0 aliphatic carbocycles. The van der Waals surface area contributed by atoms with E-state index in [-0.39, 0.29) is 5.56 Å². The van der Waals surface area contributed by atoms with Gasteiger partial charge in [-0.3, -0.25) is 19.4 Å². The van der Waals surface area contributed by atoms with E-state index >= 15 is 0 Å². The van der Waals surface area contributed by atoms with Crippen LogP contribution in [0.5, 0.6) is 5.88 Å². The average molecular weight is 254 g/mol. The van der Waals surface area contributed by atoms with E-state index in [1.807, 2.05) is 0 Å². The van der Waals surface area contributed by atoms with Crippen molar-refractivity contribution < 1.29 is 9.84 Å². The second kappa shape index (κ2) is 5.05. The minimum atomic E-state index is -0.666. The number of ether oxygens (including phenoxy) is 1. The molecule has 1 saturated heterocycles. The predicted molar refractivity (Wildman–Crippen MR) is 64.0 cm³/mol. The van der Waals surface area contributed by atoms with Gasteiger partial charge in [-0.05, 0) is 0 Å². The van der Waals surface area contributed by atoms with Crippen LogP contribution in [0.3, 0.4) is 0 Å². The van der Waals surface area contributed by atoms with E-state index in [0.717, 1.165) is 4.57 Å². The van der Waals surface area contributed by atoms with Crippen molar-refractivity contribution >= 4 is 6.21 Å². The molecule has 8 nitrogen and oxygen atoms in total. The Hall–Kier alpha value is -2.09. The van der Waals surface area contributed by atoms with E-state index in [9.17, 15) is 14.7 Å². The molecule has 1 aromatic rings. The Balaban J connectivity index is 2.28. The van der Waals surface area contributed by atoms with E-state index in [0.29, 0.717) is 26.3 Å². The maximum absolute atomic E-state index is 11.5. The lowest BCUT2D eigenvalue weighted by Crippen LogP contribution is -2.33. The van der Waals surface area contributed by atoms with Crippen LogP contribution in [-0.4, -0.2) is 52.2 Å². The first-order valence-corrected chi connectivity index (χ1v) is 5.48. The van der Waals surface area contributed by atoms with Crippen LogP contribution in [0.1, 0.15) is 5.56 Å². The highest BCUT2D eigenvalue weighted by atomic mass is 16.5. The Kier molecular flexibility index (Phi) is 3.47. The molecule has 0 spiro atoms. The van der Waals surface area contributed by atoms with Crippen molar-refractivity contribution in [3.05, 3.63) is 26.4 Å². The number of hydrazone groups is 1. The third kappa shape index (κ3) is 2.43. The van der Waals surface area contributed by atoms with Crippen molar-refractivity contribution in [2.75, 3.05) is 26.3 Å². The van der Waals surface area contributed by atoms with Crippen molar-refractivity contribution in [3.63, 3.8) is 0 Å². The number of H-pyrrole nitrogens is 1. The van der Waals surface area contributed by atoms with Crippen molar-refractivity contribution in [1.29, 1.82) is 0 Å². The summed E-state index contributed by atoms with van der Waals surface area (Å²) < 4.78 is 6.10. The number of hydrogen-bond donors (Lipinski definition) is 2. The summed E-state index contributed by atoms with van der Waals surface area (Å²) in [5.74, 6) is -0.402. The molecule has 1 aliphatic rings. The fraction of sp³-hybridized carbons (Fsp3) is 0.500. The first kappa shape index (κ1) is 12.4. The van der Waals surface area contributed by atoms with Gasteiger partial charge in [0.15, 0.2) is 0 Å². The van der Waals surface area contributed by atoms with Crippen LogP contribution in [-0.2, 0) is 11.8 Å². The second-order valence-corrected chi connectivity index (χ2v) is 3.87. The van der Waals surface area contributed by atoms with Crippen LogP contribution in [0.2, 0.25) is 0 Å². The summed E-state index contributed by atoms with van der Waals surface area (Å²) >= 11 is 0. The van der Waals surface area contributed by atoms with Crippen LogP contribution in [0, 0.1) is 0 Å². The highest BCUT2D eigenvalue weighted by Crippen LogP contribution is 2.06. The Labute approximate surface area is 102 Å². The summed E-state index contributed by atoms with van der Waals surface area (Å²) in [5, 5.41) is 15.5. The molecule has 2 N–H and O–H groups in total. The average Bonchev–Trinajstić information content (AvgIpc) is 2.37. The van der Waals surface area contributed by atoms with Crippen LogP contribution < -0.4 is 11.2 Å². The molecular formula is C10H14N4O4.